The molecule has 0 atom stereocenters. The first-order valence-corrected chi connectivity index (χ1v) is 12.2. The molecule has 1 amide bonds. The van der Waals surface area contributed by atoms with Crippen molar-refractivity contribution in [1.82, 2.24) is 4.90 Å². The van der Waals surface area contributed by atoms with Crippen LogP contribution in [0.4, 0.5) is 26.3 Å². The zero-order chi connectivity index (χ0) is 27.8. The summed E-state index contributed by atoms with van der Waals surface area (Å²) in [5, 5.41) is 9.11. The zero-order valence-corrected chi connectivity index (χ0v) is 20.4. The molecular weight excluding hydrogens is 540 g/mol. The van der Waals surface area contributed by atoms with Gasteiger partial charge in [0, 0.05) is 40.4 Å². The van der Waals surface area contributed by atoms with Crippen LogP contribution in [0.5, 0.6) is 5.75 Å². The Kier molecular flexibility index (Phi) is 7.71. The van der Waals surface area contributed by atoms with Crippen molar-refractivity contribution in [3.05, 3.63) is 59.2 Å². The van der Waals surface area contributed by atoms with Crippen LogP contribution in [-0.4, -0.2) is 41.6 Å². The summed E-state index contributed by atoms with van der Waals surface area (Å²) in [6.45, 7) is 3.49. The zero-order valence-electron chi connectivity index (χ0n) is 19.6. The smallest absolute Gasteiger partial charge is 0.418 e. The molecule has 13 heteroatoms. The van der Waals surface area contributed by atoms with Crippen LogP contribution in [0.25, 0.3) is 5.57 Å². The Morgan fingerprint density at radius 2 is 1.66 bits per heavy atom. The van der Waals surface area contributed by atoms with Crippen LogP contribution in [0.1, 0.15) is 35.1 Å². The van der Waals surface area contributed by atoms with Crippen LogP contribution in [0.2, 0.25) is 0 Å². The number of hydrogen-bond donors (Lipinski definition) is 1. The molecule has 2 aliphatic rings. The van der Waals surface area contributed by atoms with Gasteiger partial charge in [0.05, 0.1) is 23.7 Å². The second kappa shape index (κ2) is 10.5. The number of carboxylic acid groups (broad SMARTS) is 1. The second-order valence-corrected chi connectivity index (χ2v) is 9.88. The van der Waals surface area contributed by atoms with E-state index >= 15 is 0 Å². The van der Waals surface area contributed by atoms with Crippen molar-refractivity contribution in [1.29, 1.82) is 0 Å². The maximum atomic E-state index is 14.2. The number of aliphatic carboxylic acids is 1. The van der Waals surface area contributed by atoms with E-state index in [4.69, 9.17) is 14.9 Å². The summed E-state index contributed by atoms with van der Waals surface area (Å²) in [6.07, 6.45) is -10.3. The molecule has 0 radical (unpaired) electrons. The van der Waals surface area contributed by atoms with Crippen molar-refractivity contribution in [2.24, 2.45) is 5.92 Å². The van der Waals surface area contributed by atoms with Crippen LogP contribution >= 0.6 is 11.8 Å². The lowest BCUT2D eigenvalue weighted by atomic mass is 9.92. The molecule has 38 heavy (non-hydrogen) atoms. The van der Waals surface area contributed by atoms with E-state index in [-0.39, 0.29) is 37.4 Å². The van der Waals surface area contributed by atoms with Crippen molar-refractivity contribution < 1.29 is 50.8 Å². The molecular formula is C25H21F6NO5S. The number of carbonyl (C=O) groups is 2. The van der Waals surface area contributed by atoms with Gasteiger partial charge in [-0.3, -0.25) is 9.59 Å². The highest BCUT2D eigenvalue weighted by Gasteiger charge is 2.47. The van der Waals surface area contributed by atoms with Crippen LogP contribution in [0.15, 0.2) is 46.7 Å². The van der Waals surface area contributed by atoms with Crippen molar-refractivity contribution in [3.63, 3.8) is 0 Å². The van der Waals surface area contributed by atoms with Gasteiger partial charge < -0.3 is 14.9 Å². The molecule has 2 heterocycles. The number of rotatable bonds is 5. The molecule has 6 nitrogen and oxygen atoms in total. The predicted molar refractivity (Wildman–Crippen MR) is 123 cm³/mol. The lowest BCUT2D eigenvalue weighted by molar-refractivity contribution is -0.215. The Morgan fingerprint density at radius 3 is 2.26 bits per heavy atom. The van der Waals surface area contributed by atoms with Gasteiger partial charge in [0.2, 0.25) is 0 Å². The molecule has 0 aliphatic carbocycles. The third-order valence-electron chi connectivity index (χ3n) is 6.31. The first-order chi connectivity index (χ1) is 17.8. The fourth-order valence-corrected chi connectivity index (χ4v) is 5.46. The standard InChI is InChI=1S/C25H21F6NO5S/c1-13(22(33)32-9-6-14(7-10-32)23(34)35)17-3-5-19(21(25(29,30)31)20(17)24(26,27)28)38-16-2-4-18-15(12-16)8-11-36-37-18/h2-5,12,14H,1,6-11H2,(H,34,35). The Balaban J connectivity index is 1.72. The summed E-state index contributed by atoms with van der Waals surface area (Å²) in [5.41, 5.74) is -5.01. The average Bonchev–Trinajstić information content (AvgIpc) is 2.86. The van der Waals surface area contributed by atoms with Crippen LogP contribution in [0, 0.1) is 5.92 Å². The van der Waals surface area contributed by atoms with Crippen molar-refractivity contribution in [2.45, 2.75) is 41.4 Å². The number of hydrogen-bond acceptors (Lipinski definition) is 5. The van der Waals surface area contributed by atoms with E-state index in [9.17, 15) is 35.9 Å². The Bertz CT molecular complexity index is 1270. The number of carbonyl (C=O) groups excluding carboxylic acids is 1. The summed E-state index contributed by atoms with van der Waals surface area (Å²) in [6, 6.07) is 6.10. The highest BCUT2D eigenvalue weighted by molar-refractivity contribution is 7.99. The number of alkyl halides is 6. The molecule has 1 saturated heterocycles. The van der Waals surface area contributed by atoms with Gasteiger partial charge in [-0.25, -0.2) is 0 Å². The van der Waals surface area contributed by atoms with Gasteiger partial charge in [0.1, 0.15) is 0 Å². The molecule has 0 spiro atoms. The maximum Gasteiger partial charge on any atom is 0.418 e. The molecule has 2 aromatic carbocycles. The Hall–Kier alpha value is -3.19. The largest absolute Gasteiger partial charge is 0.481 e. The first kappa shape index (κ1) is 27.8. The number of carboxylic acids is 1. The average molecular weight is 562 g/mol. The number of amides is 1. The van der Waals surface area contributed by atoms with Gasteiger partial charge >= 0.3 is 18.3 Å². The second-order valence-electron chi connectivity index (χ2n) is 8.77. The minimum absolute atomic E-state index is 0.0662. The molecule has 2 aromatic rings. The maximum absolute atomic E-state index is 14.2. The van der Waals surface area contributed by atoms with Crippen molar-refractivity contribution in [3.8, 4) is 5.75 Å². The highest BCUT2D eigenvalue weighted by Crippen LogP contribution is 2.49. The van der Waals surface area contributed by atoms with E-state index in [1.807, 2.05) is 0 Å². The van der Waals surface area contributed by atoms with Gasteiger partial charge in [-0.15, -0.1) is 0 Å². The van der Waals surface area contributed by atoms with Gasteiger partial charge in [-0.05, 0) is 42.7 Å². The molecule has 1 N–H and O–H groups in total. The normalized spacial score (nSPS) is 16.5. The molecule has 0 saturated carbocycles. The van der Waals surface area contributed by atoms with E-state index in [2.05, 4.69) is 6.58 Å². The van der Waals surface area contributed by atoms with Crippen LogP contribution < -0.4 is 4.89 Å². The lowest BCUT2D eigenvalue weighted by Gasteiger charge is -2.31. The SMILES string of the molecule is C=C(C(=O)N1CCC(C(=O)O)CC1)c1ccc(Sc2ccc3c(c2)CCOO3)c(C(F)(F)F)c1C(F)(F)F. The number of likely N-dealkylation sites (tertiary alicyclic amines) is 1. The summed E-state index contributed by atoms with van der Waals surface area (Å²) in [4.78, 5) is 34.6. The highest BCUT2D eigenvalue weighted by atomic mass is 32.2. The van der Waals surface area contributed by atoms with Crippen molar-refractivity contribution >= 4 is 29.2 Å². The van der Waals surface area contributed by atoms with Crippen LogP contribution in [0.3, 0.4) is 0 Å². The number of halogens is 6. The number of piperidine rings is 1. The summed E-state index contributed by atoms with van der Waals surface area (Å²) in [7, 11) is 0. The predicted octanol–water partition coefficient (Wildman–Crippen LogP) is 6.08. The van der Waals surface area contributed by atoms with Gasteiger partial charge in [-0.1, -0.05) is 24.4 Å². The molecule has 2 aliphatic heterocycles. The summed E-state index contributed by atoms with van der Waals surface area (Å²) >= 11 is 0.507. The monoisotopic (exact) mass is 561 g/mol. The lowest BCUT2D eigenvalue weighted by Crippen LogP contribution is -2.40. The Labute approximate surface area is 217 Å². The van der Waals surface area contributed by atoms with Crippen LogP contribution in [-0.2, 0) is 33.3 Å². The van der Waals surface area contributed by atoms with E-state index < -0.39 is 57.3 Å². The molecule has 204 valence electrons. The van der Waals surface area contributed by atoms with Gasteiger partial charge in [-0.2, -0.15) is 31.2 Å². The van der Waals surface area contributed by atoms with E-state index in [1.165, 1.54) is 18.2 Å². The molecule has 0 aromatic heterocycles. The molecule has 4 rings (SSSR count). The first-order valence-electron chi connectivity index (χ1n) is 11.4. The molecule has 1 fully saturated rings. The minimum Gasteiger partial charge on any atom is -0.481 e. The summed E-state index contributed by atoms with van der Waals surface area (Å²) < 4.78 is 85.3. The van der Waals surface area contributed by atoms with Gasteiger partial charge in [0.25, 0.3) is 5.91 Å². The van der Waals surface area contributed by atoms with Gasteiger partial charge in [0.15, 0.2) is 5.75 Å². The fraction of sp³-hybridized carbons (Fsp3) is 0.360. The van der Waals surface area contributed by atoms with E-state index in [1.54, 1.807) is 0 Å². The third-order valence-corrected chi connectivity index (χ3v) is 7.36. The summed E-state index contributed by atoms with van der Waals surface area (Å²) in [5.74, 6) is -2.39. The van der Waals surface area contributed by atoms with E-state index in [0.29, 0.717) is 29.5 Å². The fourth-order valence-electron chi connectivity index (χ4n) is 4.41. The third kappa shape index (κ3) is 5.78. The topological polar surface area (TPSA) is 76.1 Å². The number of benzene rings is 2. The Morgan fingerprint density at radius 1 is 1.00 bits per heavy atom. The molecule has 0 bridgehead atoms. The quantitative estimate of drug-likeness (QED) is 0.271. The number of fused-ring (bicyclic) bond motifs is 1. The van der Waals surface area contributed by atoms with Crippen molar-refractivity contribution in [2.75, 3.05) is 19.7 Å². The molecule has 0 unspecified atom stereocenters. The van der Waals surface area contributed by atoms with E-state index in [0.717, 1.165) is 17.0 Å². The minimum atomic E-state index is -5.46. The number of nitrogens with zero attached hydrogens (tertiary/aromatic N) is 1.